The van der Waals surface area contributed by atoms with Gasteiger partial charge < -0.3 is 10.3 Å². The van der Waals surface area contributed by atoms with E-state index < -0.39 is 0 Å². The number of nitrogens with zero attached hydrogens (tertiary/aromatic N) is 2. The lowest BCUT2D eigenvalue weighted by molar-refractivity contribution is 0.590. The minimum absolute atomic E-state index is 0.241. The number of hydrogen-bond acceptors (Lipinski definition) is 2. The van der Waals surface area contributed by atoms with Crippen molar-refractivity contribution in [3.63, 3.8) is 0 Å². The van der Waals surface area contributed by atoms with Crippen LogP contribution in [0, 0.1) is 19.7 Å². The van der Waals surface area contributed by atoms with Gasteiger partial charge in [-0.15, -0.1) is 0 Å². The molecule has 0 amide bonds. The number of nitrogens with two attached hydrogens (primary N) is 1. The van der Waals surface area contributed by atoms with Gasteiger partial charge in [0.25, 0.3) is 0 Å². The molecule has 2 rings (SSSR count). The summed E-state index contributed by atoms with van der Waals surface area (Å²) in [5.41, 5.74) is 8.61. The Hall–Kier alpha value is -1.84. The van der Waals surface area contributed by atoms with Crippen molar-refractivity contribution in [1.82, 2.24) is 9.55 Å². The molecule has 0 bridgehead atoms. The highest BCUT2D eigenvalue weighted by Crippen LogP contribution is 2.31. The Labute approximate surface area is 106 Å². The average molecular weight is 247 g/mol. The van der Waals surface area contributed by atoms with Crippen LogP contribution >= 0.6 is 0 Å². The van der Waals surface area contributed by atoms with E-state index in [9.17, 15) is 4.39 Å². The van der Waals surface area contributed by atoms with Crippen LogP contribution < -0.4 is 5.73 Å². The lowest BCUT2D eigenvalue weighted by Crippen LogP contribution is -2.07. The normalized spacial score (nSPS) is 11.2. The summed E-state index contributed by atoms with van der Waals surface area (Å²) in [7, 11) is 0. The molecule has 0 aliphatic rings. The van der Waals surface area contributed by atoms with E-state index in [0.717, 1.165) is 22.6 Å². The molecule has 1 aromatic heterocycles. The second-order valence-electron chi connectivity index (χ2n) is 4.82. The Balaban J connectivity index is 2.62. The van der Waals surface area contributed by atoms with Crippen molar-refractivity contribution in [3.05, 3.63) is 35.4 Å². The van der Waals surface area contributed by atoms with Gasteiger partial charge in [0.1, 0.15) is 23.2 Å². The van der Waals surface area contributed by atoms with Gasteiger partial charge in [0.15, 0.2) is 0 Å². The molecule has 1 heterocycles. The highest BCUT2D eigenvalue weighted by atomic mass is 19.1. The average Bonchev–Trinajstić information content (AvgIpc) is 2.54. The molecule has 2 N–H and O–H groups in total. The summed E-state index contributed by atoms with van der Waals surface area (Å²) >= 11 is 0. The topological polar surface area (TPSA) is 43.8 Å². The zero-order chi connectivity index (χ0) is 13.4. The van der Waals surface area contributed by atoms with Crippen LogP contribution in [0.4, 0.5) is 10.2 Å². The van der Waals surface area contributed by atoms with E-state index in [4.69, 9.17) is 5.73 Å². The van der Waals surface area contributed by atoms with Crippen LogP contribution in [0.2, 0.25) is 0 Å². The summed E-state index contributed by atoms with van der Waals surface area (Å²) in [4.78, 5) is 4.51. The van der Waals surface area contributed by atoms with Crippen LogP contribution in [-0.2, 0) is 0 Å². The Morgan fingerprint density at radius 3 is 2.44 bits per heavy atom. The number of aryl methyl sites for hydroxylation is 2. The first kappa shape index (κ1) is 12.6. The number of rotatable bonds is 2. The van der Waals surface area contributed by atoms with Crippen LogP contribution in [0.1, 0.15) is 31.3 Å². The number of halogens is 1. The Morgan fingerprint density at radius 2 is 1.94 bits per heavy atom. The summed E-state index contributed by atoms with van der Waals surface area (Å²) in [5.74, 6) is 1.27. The molecule has 0 saturated heterocycles. The van der Waals surface area contributed by atoms with Crippen molar-refractivity contribution in [3.8, 4) is 11.3 Å². The highest BCUT2D eigenvalue weighted by molar-refractivity contribution is 5.73. The molecule has 3 nitrogen and oxygen atoms in total. The number of hydrogen-bond donors (Lipinski definition) is 1. The number of nitrogen functional groups attached to an aromatic ring is 1. The zero-order valence-electron chi connectivity index (χ0n) is 11.2. The summed E-state index contributed by atoms with van der Waals surface area (Å²) in [6.45, 7) is 7.92. The van der Waals surface area contributed by atoms with Crippen molar-refractivity contribution in [2.45, 2.75) is 33.7 Å². The van der Waals surface area contributed by atoms with Gasteiger partial charge in [-0.05, 0) is 51.5 Å². The minimum atomic E-state index is -0.241. The van der Waals surface area contributed by atoms with Gasteiger partial charge in [0, 0.05) is 11.6 Å². The quantitative estimate of drug-likeness (QED) is 0.883. The van der Waals surface area contributed by atoms with Gasteiger partial charge in [-0.1, -0.05) is 0 Å². The van der Waals surface area contributed by atoms with Gasteiger partial charge in [0.2, 0.25) is 0 Å². The van der Waals surface area contributed by atoms with Crippen molar-refractivity contribution in [1.29, 1.82) is 0 Å². The SMILES string of the molecule is Cc1cc(F)ccc1-c1nc(C)n(C(C)C)c1N. The maximum Gasteiger partial charge on any atom is 0.131 e. The van der Waals surface area contributed by atoms with Gasteiger partial charge in [-0.2, -0.15) is 0 Å². The Kier molecular flexibility index (Phi) is 3.11. The summed E-state index contributed by atoms with van der Waals surface area (Å²) < 4.78 is 15.1. The Bertz CT molecular complexity index is 585. The van der Waals surface area contributed by atoms with Crippen LogP contribution in [0.3, 0.4) is 0 Å². The van der Waals surface area contributed by atoms with Crippen LogP contribution in [-0.4, -0.2) is 9.55 Å². The molecule has 0 spiro atoms. The predicted molar refractivity (Wildman–Crippen MR) is 71.9 cm³/mol. The molecular weight excluding hydrogens is 229 g/mol. The van der Waals surface area contributed by atoms with Gasteiger partial charge >= 0.3 is 0 Å². The van der Waals surface area contributed by atoms with Crippen molar-refractivity contribution < 1.29 is 4.39 Å². The third kappa shape index (κ3) is 1.98. The number of aromatic nitrogens is 2. The molecule has 2 aromatic rings. The molecule has 0 fully saturated rings. The maximum atomic E-state index is 13.1. The first-order valence-corrected chi connectivity index (χ1v) is 6.02. The first-order chi connectivity index (χ1) is 8.41. The third-order valence-corrected chi connectivity index (χ3v) is 3.08. The van der Waals surface area contributed by atoms with Crippen LogP contribution in [0.15, 0.2) is 18.2 Å². The van der Waals surface area contributed by atoms with Gasteiger partial charge in [-0.25, -0.2) is 9.37 Å². The van der Waals surface area contributed by atoms with Gasteiger partial charge in [-0.3, -0.25) is 0 Å². The maximum absolute atomic E-state index is 13.1. The van der Waals surface area contributed by atoms with Crippen LogP contribution in [0.5, 0.6) is 0 Å². The van der Waals surface area contributed by atoms with E-state index in [1.807, 2.05) is 18.4 Å². The number of anilines is 1. The lowest BCUT2D eigenvalue weighted by Gasteiger charge is -2.11. The number of imidazole rings is 1. The Morgan fingerprint density at radius 1 is 1.28 bits per heavy atom. The molecule has 18 heavy (non-hydrogen) atoms. The summed E-state index contributed by atoms with van der Waals surface area (Å²) in [6.07, 6.45) is 0. The molecule has 0 unspecified atom stereocenters. The van der Waals surface area contributed by atoms with Crippen LogP contribution in [0.25, 0.3) is 11.3 Å². The molecule has 0 aliphatic carbocycles. The second kappa shape index (κ2) is 4.44. The monoisotopic (exact) mass is 247 g/mol. The minimum Gasteiger partial charge on any atom is -0.383 e. The third-order valence-electron chi connectivity index (χ3n) is 3.08. The summed E-state index contributed by atoms with van der Waals surface area (Å²) in [5, 5.41) is 0. The summed E-state index contributed by atoms with van der Waals surface area (Å²) in [6, 6.07) is 4.92. The largest absolute Gasteiger partial charge is 0.383 e. The molecular formula is C14H18FN3. The fourth-order valence-electron chi connectivity index (χ4n) is 2.30. The lowest BCUT2D eigenvalue weighted by atomic mass is 10.1. The fourth-order valence-corrected chi connectivity index (χ4v) is 2.30. The van der Waals surface area contributed by atoms with E-state index in [-0.39, 0.29) is 11.9 Å². The fraction of sp³-hybridized carbons (Fsp3) is 0.357. The van der Waals surface area contributed by atoms with Crippen molar-refractivity contribution in [2.75, 3.05) is 5.73 Å². The predicted octanol–water partition coefficient (Wildman–Crippen LogP) is 3.47. The van der Waals surface area contributed by atoms with Gasteiger partial charge in [0.05, 0.1) is 0 Å². The molecule has 1 aromatic carbocycles. The molecule has 0 aliphatic heterocycles. The number of benzene rings is 1. The highest BCUT2D eigenvalue weighted by Gasteiger charge is 2.16. The van der Waals surface area contributed by atoms with E-state index in [0.29, 0.717) is 5.82 Å². The molecule has 96 valence electrons. The van der Waals surface area contributed by atoms with Crippen molar-refractivity contribution >= 4 is 5.82 Å². The second-order valence-corrected chi connectivity index (χ2v) is 4.82. The first-order valence-electron chi connectivity index (χ1n) is 6.02. The molecule has 4 heteroatoms. The zero-order valence-corrected chi connectivity index (χ0v) is 11.2. The van der Waals surface area contributed by atoms with E-state index >= 15 is 0 Å². The molecule has 0 radical (unpaired) electrons. The standard InChI is InChI=1S/C14H18FN3/c1-8(2)18-10(4)17-13(14(18)16)12-6-5-11(15)7-9(12)3/h5-8H,16H2,1-4H3. The van der Waals surface area contributed by atoms with E-state index in [1.54, 1.807) is 6.07 Å². The molecule has 0 atom stereocenters. The smallest absolute Gasteiger partial charge is 0.131 e. The van der Waals surface area contributed by atoms with E-state index in [2.05, 4.69) is 18.8 Å². The molecule has 0 saturated carbocycles. The van der Waals surface area contributed by atoms with E-state index in [1.165, 1.54) is 12.1 Å². The van der Waals surface area contributed by atoms with Crippen molar-refractivity contribution in [2.24, 2.45) is 0 Å².